The average molecular weight is 225 g/mol. The highest BCUT2D eigenvalue weighted by Crippen LogP contribution is 2.25. The molecule has 0 aliphatic carbocycles. The Balaban J connectivity index is 2.30. The Kier molecular flexibility index (Phi) is 2.93. The zero-order chi connectivity index (χ0) is 10.8. The van der Waals surface area contributed by atoms with Crippen LogP contribution in [0.5, 0.6) is 0 Å². The van der Waals surface area contributed by atoms with Gasteiger partial charge in [0.15, 0.2) is 0 Å². The van der Waals surface area contributed by atoms with Crippen molar-refractivity contribution < 1.29 is 4.79 Å². The van der Waals surface area contributed by atoms with Gasteiger partial charge >= 0.3 is 0 Å². The van der Waals surface area contributed by atoms with Crippen LogP contribution in [0.15, 0.2) is 18.2 Å². The summed E-state index contributed by atoms with van der Waals surface area (Å²) >= 11 is 5.70. The summed E-state index contributed by atoms with van der Waals surface area (Å²) in [6, 6.07) is 5.71. The van der Waals surface area contributed by atoms with Gasteiger partial charge in [-0.3, -0.25) is 4.79 Å². The van der Waals surface area contributed by atoms with Crippen molar-refractivity contribution in [3.63, 3.8) is 0 Å². The minimum absolute atomic E-state index is 0.0805. The Bertz CT molecular complexity index is 392. The second kappa shape index (κ2) is 4.21. The number of fused-ring (bicyclic) bond motifs is 1. The predicted molar refractivity (Wildman–Crippen MR) is 61.0 cm³/mol. The number of halogens is 1. The summed E-state index contributed by atoms with van der Waals surface area (Å²) in [5.74, 6) is 0.488. The Hall–Kier alpha value is -1.06. The van der Waals surface area contributed by atoms with E-state index in [1.54, 1.807) is 0 Å². The molecule has 0 saturated heterocycles. The Labute approximate surface area is 93.6 Å². The van der Waals surface area contributed by atoms with Crippen LogP contribution in [-0.2, 0) is 11.2 Å². The minimum atomic E-state index is -0.130. The lowest BCUT2D eigenvalue weighted by Crippen LogP contribution is -2.20. The van der Waals surface area contributed by atoms with Gasteiger partial charge in [0, 0.05) is 24.0 Å². The molecule has 1 aromatic rings. The van der Waals surface area contributed by atoms with Gasteiger partial charge in [-0.25, -0.2) is 0 Å². The molecular formula is C11H13ClN2O. The number of nitrogens with one attached hydrogen (secondary N) is 1. The molecule has 1 amide bonds. The van der Waals surface area contributed by atoms with E-state index in [-0.39, 0.29) is 11.9 Å². The number of hydrogen-bond donors (Lipinski definition) is 2. The summed E-state index contributed by atoms with van der Waals surface area (Å²) in [7, 11) is 0. The van der Waals surface area contributed by atoms with Crippen molar-refractivity contribution in [1.29, 1.82) is 0 Å². The molecule has 3 nitrogen and oxygen atoms in total. The van der Waals surface area contributed by atoms with Crippen molar-refractivity contribution in [2.75, 3.05) is 11.2 Å². The number of aryl methyl sites for hydroxylation is 1. The first-order chi connectivity index (χ1) is 7.20. The fourth-order valence-electron chi connectivity index (χ4n) is 1.72. The summed E-state index contributed by atoms with van der Waals surface area (Å²) < 4.78 is 0. The predicted octanol–water partition coefficient (Wildman–Crippen LogP) is 1.81. The number of anilines is 1. The molecule has 0 bridgehead atoms. The Morgan fingerprint density at radius 2 is 2.27 bits per heavy atom. The molecule has 80 valence electrons. The van der Waals surface area contributed by atoms with Crippen molar-refractivity contribution in [2.45, 2.75) is 18.9 Å². The number of rotatable bonds is 2. The topological polar surface area (TPSA) is 55.1 Å². The molecule has 0 fully saturated rings. The van der Waals surface area contributed by atoms with E-state index < -0.39 is 0 Å². The first kappa shape index (κ1) is 10.5. The maximum absolute atomic E-state index is 11.1. The fraction of sp³-hybridized carbons (Fsp3) is 0.364. The molecule has 4 heteroatoms. The van der Waals surface area contributed by atoms with Gasteiger partial charge in [0.05, 0.1) is 0 Å². The lowest BCUT2D eigenvalue weighted by atomic mass is 9.98. The highest BCUT2D eigenvalue weighted by Gasteiger charge is 2.15. The van der Waals surface area contributed by atoms with Gasteiger partial charge in [0.2, 0.25) is 5.91 Å². The Morgan fingerprint density at radius 1 is 1.47 bits per heavy atom. The van der Waals surface area contributed by atoms with Crippen LogP contribution in [0.4, 0.5) is 5.69 Å². The molecule has 2 rings (SSSR count). The summed E-state index contributed by atoms with van der Waals surface area (Å²) in [5, 5.41) is 2.83. The molecule has 1 heterocycles. The lowest BCUT2D eigenvalue weighted by Gasteiger charge is -2.18. The summed E-state index contributed by atoms with van der Waals surface area (Å²) in [4.78, 5) is 11.1. The van der Waals surface area contributed by atoms with E-state index >= 15 is 0 Å². The second-order valence-corrected chi connectivity index (χ2v) is 4.03. The van der Waals surface area contributed by atoms with E-state index in [4.69, 9.17) is 17.3 Å². The third kappa shape index (κ3) is 2.13. The third-order valence-corrected chi connectivity index (χ3v) is 2.95. The van der Waals surface area contributed by atoms with Gasteiger partial charge in [-0.05, 0) is 23.6 Å². The average Bonchev–Trinajstić information content (AvgIpc) is 2.27. The van der Waals surface area contributed by atoms with Crippen molar-refractivity contribution in [3.05, 3.63) is 29.3 Å². The maximum atomic E-state index is 11.1. The SMILES string of the molecule is NC(CCl)c1ccc2c(c1)CCC(=O)N2. The summed E-state index contributed by atoms with van der Waals surface area (Å²) in [6.45, 7) is 0. The summed E-state index contributed by atoms with van der Waals surface area (Å²) in [5.41, 5.74) is 8.91. The number of nitrogens with two attached hydrogens (primary N) is 1. The van der Waals surface area contributed by atoms with Crippen molar-refractivity contribution in [1.82, 2.24) is 0 Å². The molecule has 1 unspecified atom stereocenters. The zero-order valence-corrected chi connectivity index (χ0v) is 9.05. The molecule has 1 aromatic carbocycles. The Morgan fingerprint density at radius 3 is 3.00 bits per heavy atom. The third-order valence-electron chi connectivity index (χ3n) is 2.62. The van der Waals surface area contributed by atoms with Gasteiger partial charge in [-0.1, -0.05) is 12.1 Å². The standard InChI is InChI=1S/C11H13ClN2O/c12-6-9(13)7-1-3-10-8(5-7)2-4-11(15)14-10/h1,3,5,9H,2,4,6,13H2,(H,14,15). The lowest BCUT2D eigenvalue weighted by molar-refractivity contribution is -0.116. The number of benzene rings is 1. The van der Waals surface area contributed by atoms with E-state index in [9.17, 15) is 4.79 Å². The highest BCUT2D eigenvalue weighted by molar-refractivity contribution is 6.18. The van der Waals surface area contributed by atoms with Crippen LogP contribution >= 0.6 is 11.6 Å². The van der Waals surface area contributed by atoms with E-state index in [0.29, 0.717) is 12.3 Å². The quantitative estimate of drug-likeness (QED) is 0.753. The first-order valence-electron chi connectivity index (χ1n) is 4.95. The van der Waals surface area contributed by atoms with Crippen LogP contribution in [0.1, 0.15) is 23.6 Å². The molecule has 0 radical (unpaired) electrons. The molecule has 0 spiro atoms. The number of amides is 1. The molecule has 0 saturated carbocycles. The molecule has 15 heavy (non-hydrogen) atoms. The van der Waals surface area contributed by atoms with Crippen LogP contribution < -0.4 is 11.1 Å². The fourth-order valence-corrected chi connectivity index (χ4v) is 1.90. The van der Waals surface area contributed by atoms with Gasteiger partial charge in [-0.2, -0.15) is 0 Å². The number of hydrogen-bond acceptors (Lipinski definition) is 2. The summed E-state index contributed by atoms with van der Waals surface area (Å²) in [6.07, 6.45) is 1.33. The minimum Gasteiger partial charge on any atom is -0.326 e. The smallest absolute Gasteiger partial charge is 0.224 e. The van der Waals surface area contributed by atoms with Crippen LogP contribution in [0, 0.1) is 0 Å². The largest absolute Gasteiger partial charge is 0.326 e. The highest BCUT2D eigenvalue weighted by atomic mass is 35.5. The van der Waals surface area contributed by atoms with Gasteiger partial charge < -0.3 is 11.1 Å². The van der Waals surface area contributed by atoms with E-state index in [1.807, 2.05) is 18.2 Å². The zero-order valence-electron chi connectivity index (χ0n) is 8.29. The molecule has 1 aliphatic heterocycles. The number of alkyl halides is 1. The van der Waals surface area contributed by atoms with Crippen LogP contribution in [0.3, 0.4) is 0 Å². The van der Waals surface area contributed by atoms with Crippen LogP contribution in [0.25, 0.3) is 0 Å². The maximum Gasteiger partial charge on any atom is 0.224 e. The van der Waals surface area contributed by atoms with E-state index in [2.05, 4.69) is 5.32 Å². The van der Waals surface area contributed by atoms with Gasteiger partial charge in [-0.15, -0.1) is 11.6 Å². The molecule has 1 aliphatic rings. The van der Waals surface area contributed by atoms with Gasteiger partial charge in [0.1, 0.15) is 0 Å². The van der Waals surface area contributed by atoms with Crippen LogP contribution in [-0.4, -0.2) is 11.8 Å². The van der Waals surface area contributed by atoms with Crippen LogP contribution in [0.2, 0.25) is 0 Å². The molecule has 0 aromatic heterocycles. The van der Waals surface area contributed by atoms with Crippen molar-refractivity contribution in [3.8, 4) is 0 Å². The molecule has 3 N–H and O–H groups in total. The monoisotopic (exact) mass is 224 g/mol. The second-order valence-electron chi connectivity index (χ2n) is 3.73. The number of carbonyl (C=O) groups excluding carboxylic acids is 1. The number of carbonyl (C=O) groups is 1. The van der Waals surface area contributed by atoms with Gasteiger partial charge in [0.25, 0.3) is 0 Å². The first-order valence-corrected chi connectivity index (χ1v) is 5.48. The van der Waals surface area contributed by atoms with Crippen molar-refractivity contribution >= 4 is 23.2 Å². The molecular weight excluding hydrogens is 212 g/mol. The normalized spacial score (nSPS) is 16.8. The van der Waals surface area contributed by atoms with E-state index in [0.717, 1.165) is 23.2 Å². The van der Waals surface area contributed by atoms with Crippen molar-refractivity contribution in [2.24, 2.45) is 5.73 Å². The van der Waals surface area contributed by atoms with E-state index in [1.165, 1.54) is 0 Å². The molecule has 1 atom stereocenters.